The van der Waals surface area contributed by atoms with E-state index in [1.807, 2.05) is 109 Å². The summed E-state index contributed by atoms with van der Waals surface area (Å²) in [5.74, 6) is 20.3. The smallest absolute Gasteiger partial charge is 0.180 e. The molecule has 0 fully saturated rings. The van der Waals surface area contributed by atoms with Gasteiger partial charge in [-0.15, -0.1) is 12.8 Å². The van der Waals surface area contributed by atoms with E-state index in [0.29, 0.717) is 23.7 Å². The van der Waals surface area contributed by atoms with Gasteiger partial charge in [-0.1, -0.05) is 160 Å². The van der Waals surface area contributed by atoms with E-state index in [0.717, 1.165) is 57.3 Å². The van der Waals surface area contributed by atoms with Crippen LogP contribution in [0.1, 0.15) is 101 Å². The molecular weight excluding hydrogens is 731 g/mol. The van der Waals surface area contributed by atoms with Crippen LogP contribution in [-0.4, -0.2) is 40.0 Å². The third-order valence-electron chi connectivity index (χ3n) is 11.7. The van der Waals surface area contributed by atoms with E-state index in [4.69, 9.17) is 41.5 Å². The molecule has 59 heavy (non-hydrogen) atoms. The maximum atomic E-state index is 6.45. The summed E-state index contributed by atoms with van der Waals surface area (Å²) in [7, 11) is 6.57. The highest BCUT2D eigenvalue weighted by Crippen LogP contribution is 2.52. The number of terminal acetylenes is 2. The van der Waals surface area contributed by atoms with Crippen LogP contribution >= 0.6 is 0 Å². The molecule has 0 aliphatic heterocycles. The molecule has 7 rings (SSSR count). The normalized spacial score (nSPS) is 22.0. The molecule has 1 heterocycles. The lowest BCUT2D eigenvalue weighted by atomic mass is 9.67. The number of unbranched alkanes of at least 4 members (excludes halogenated alkanes) is 5. The molecule has 0 saturated carbocycles. The van der Waals surface area contributed by atoms with Gasteiger partial charge in [0.15, 0.2) is 22.4 Å². The Labute approximate surface area is 349 Å². The monoisotopic (exact) mass is 779 g/mol. The number of benzene rings is 4. The minimum Gasteiger partial charge on any atom is -0.493 e. The molecular formula is C53H49NO5. The maximum Gasteiger partial charge on any atom is 0.180 e. The highest BCUT2D eigenvalue weighted by molar-refractivity contribution is 5.66. The first-order valence-electron chi connectivity index (χ1n) is 20.1. The molecule has 0 spiro atoms. The Balaban J connectivity index is 1.37. The molecule has 4 aromatic carbocycles. The van der Waals surface area contributed by atoms with E-state index < -0.39 is 22.4 Å². The topological polar surface area (TPSA) is 59.0 Å². The van der Waals surface area contributed by atoms with Crippen molar-refractivity contribution in [2.24, 2.45) is 0 Å². The summed E-state index contributed by atoms with van der Waals surface area (Å²) >= 11 is 0. The SMILES string of the molecule is C#CC1(OC)c2ccccc2C(C#Cc2cc(OCCCCCCCC)cc(C#CC3(OC)c4ccccc4C(C#C)(OC)c4ccccc43)n2)(OC)c2ccccc21. The van der Waals surface area contributed by atoms with Gasteiger partial charge in [0, 0.05) is 85.1 Å². The van der Waals surface area contributed by atoms with Crippen molar-refractivity contribution in [2.45, 2.75) is 67.9 Å². The zero-order valence-corrected chi connectivity index (χ0v) is 34.5. The lowest BCUT2D eigenvalue weighted by molar-refractivity contribution is 0.0330. The van der Waals surface area contributed by atoms with Gasteiger partial charge < -0.3 is 23.7 Å². The molecule has 0 bridgehead atoms. The molecule has 5 aromatic rings. The molecule has 1 aromatic heterocycles. The van der Waals surface area contributed by atoms with Gasteiger partial charge >= 0.3 is 0 Å². The second kappa shape index (κ2) is 17.4. The van der Waals surface area contributed by atoms with Crippen LogP contribution in [0.5, 0.6) is 5.75 Å². The number of aromatic nitrogens is 1. The third-order valence-corrected chi connectivity index (χ3v) is 11.7. The number of pyridine rings is 1. The number of nitrogens with zero attached hydrogens (tertiary/aromatic N) is 1. The van der Waals surface area contributed by atoms with Gasteiger partial charge in [-0.25, -0.2) is 4.98 Å². The molecule has 2 aliphatic carbocycles. The summed E-state index contributed by atoms with van der Waals surface area (Å²) in [4.78, 5) is 5.00. The van der Waals surface area contributed by atoms with Gasteiger partial charge in [-0.2, -0.15) is 0 Å². The zero-order chi connectivity index (χ0) is 41.5. The molecule has 296 valence electrons. The second-order valence-electron chi connectivity index (χ2n) is 14.7. The number of hydrogen-bond donors (Lipinski definition) is 0. The average molecular weight is 780 g/mol. The number of ether oxygens (including phenoxy) is 5. The first-order valence-corrected chi connectivity index (χ1v) is 20.1. The lowest BCUT2D eigenvalue weighted by Gasteiger charge is -2.43. The molecule has 0 saturated heterocycles. The Hall–Kier alpha value is -6.09. The van der Waals surface area contributed by atoms with Crippen molar-refractivity contribution in [3.05, 3.63) is 165 Å². The standard InChI is InChI=1S/C53H49NO5/c1-8-11-12-13-14-23-36-59-41-37-39(32-34-52(57-6)46-28-19-15-24-42(46)50(9-2,55-4)43-25-16-20-29-47(43)52)54-40(38-41)33-35-53(58-7)48-30-21-17-26-44(48)51(10-3,56-5)45-27-18-22-31-49(45)53/h2-3,15-22,24-31,37-38H,8,11-14,23,36H2,1,4-7H3. The zero-order valence-electron chi connectivity index (χ0n) is 34.5. The van der Waals surface area contributed by atoms with Gasteiger partial charge in [-0.3, -0.25) is 0 Å². The van der Waals surface area contributed by atoms with E-state index in [9.17, 15) is 0 Å². The summed E-state index contributed by atoms with van der Waals surface area (Å²) in [5, 5.41) is 0. The van der Waals surface area contributed by atoms with Gasteiger partial charge in [0.05, 0.1) is 6.61 Å². The van der Waals surface area contributed by atoms with E-state index in [1.54, 1.807) is 28.4 Å². The van der Waals surface area contributed by atoms with Crippen LogP contribution in [0.2, 0.25) is 0 Å². The van der Waals surface area contributed by atoms with Crippen molar-refractivity contribution in [1.82, 2.24) is 4.98 Å². The summed E-state index contributed by atoms with van der Waals surface area (Å²) in [6.07, 6.45) is 19.4. The van der Waals surface area contributed by atoms with E-state index >= 15 is 0 Å². The van der Waals surface area contributed by atoms with Crippen LogP contribution in [0.15, 0.2) is 109 Å². The highest BCUT2D eigenvalue weighted by atomic mass is 16.5. The van der Waals surface area contributed by atoms with Crippen LogP contribution < -0.4 is 4.74 Å². The summed E-state index contributed by atoms with van der Waals surface area (Å²) < 4.78 is 31.6. The number of methoxy groups -OCH3 is 4. The van der Waals surface area contributed by atoms with Gasteiger partial charge in [0.25, 0.3) is 0 Å². The molecule has 0 amide bonds. The van der Waals surface area contributed by atoms with E-state index in [-0.39, 0.29) is 0 Å². The fraction of sp³-hybridized carbons (Fsp3) is 0.302. The maximum absolute atomic E-state index is 6.45. The summed E-state index contributed by atoms with van der Waals surface area (Å²) in [5.41, 5.74) is 2.59. The van der Waals surface area contributed by atoms with Crippen LogP contribution in [-0.2, 0) is 41.4 Å². The first kappa shape index (κ1) is 41.1. The fourth-order valence-electron chi connectivity index (χ4n) is 8.74. The Morgan fingerprint density at radius 3 is 1.12 bits per heavy atom. The average Bonchev–Trinajstić information content (AvgIpc) is 3.29. The minimum atomic E-state index is -1.20. The van der Waals surface area contributed by atoms with Crippen LogP contribution in [0.4, 0.5) is 0 Å². The molecule has 6 nitrogen and oxygen atoms in total. The summed E-state index contributed by atoms with van der Waals surface area (Å²) in [6.45, 7) is 2.78. The van der Waals surface area contributed by atoms with Crippen molar-refractivity contribution in [2.75, 3.05) is 35.0 Å². The number of rotatable bonds is 12. The Morgan fingerprint density at radius 1 is 0.475 bits per heavy atom. The number of hydrogen-bond acceptors (Lipinski definition) is 6. The first-order chi connectivity index (χ1) is 28.9. The Kier molecular flexibility index (Phi) is 12.1. The van der Waals surface area contributed by atoms with E-state index in [1.165, 1.54) is 25.7 Å². The highest BCUT2D eigenvalue weighted by Gasteiger charge is 2.51. The van der Waals surface area contributed by atoms with Crippen molar-refractivity contribution in [1.29, 1.82) is 0 Å². The van der Waals surface area contributed by atoms with Crippen LogP contribution in [0.25, 0.3) is 0 Å². The summed E-state index contributed by atoms with van der Waals surface area (Å²) in [6, 6.07) is 35.2. The van der Waals surface area contributed by atoms with E-state index in [2.05, 4.69) is 42.4 Å². The minimum absolute atomic E-state index is 0.461. The fourth-order valence-corrected chi connectivity index (χ4v) is 8.74. The van der Waals surface area contributed by atoms with Crippen LogP contribution in [0.3, 0.4) is 0 Å². The van der Waals surface area contributed by atoms with Gasteiger partial charge in [0.2, 0.25) is 0 Å². The third kappa shape index (κ3) is 6.90. The van der Waals surface area contributed by atoms with Crippen molar-refractivity contribution >= 4 is 0 Å². The van der Waals surface area contributed by atoms with Crippen molar-refractivity contribution in [3.63, 3.8) is 0 Å². The number of fused-ring (bicyclic) bond motifs is 4. The Bertz CT molecular complexity index is 2290. The van der Waals surface area contributed by atoms with Gasteiger partial charge in [0.1, 0.15) is 17.1 Å². The lowest BCUT2D eigenvalue weighted by Crippen LogP contribution is -2.43. The quantitative estimate of drug-likeness (QED) is 0.0930. The largest absolute Gasteiger partial charge is 0.493 e. The molecule has 0 N–H and O–H groups in total. The Morgan fingerprint density at radius 2 is 0.797 bits per heavy atom. The van der Waals surface area contributed by atoms with Gasteiger partial charge in [-0.05, 0) is 18.3 Å². The molecule has 6 heteroatoms. The molecule has 0 unspecified atom stereocenters. The predicted molar refractivity (Wildman–Crippen MR) is 231 cm³/mol. The molecule has 0 radical (unpaired) electrons. The second-order valence-corrected chi connectivity index (χ2v) is 14.7. The predicted octanol–water partition coefficient (Wildman–Crippen LogP) is 9.38. The van der Waals surface area contributed by atoms with Crippen molar-refractivity contribution < 1.29 is 23.7 Å². The van der Waals surface area contributed by atoms with Crippen LogP contribution in [0, 0.1) is 48.4 Å². The molecule has 2 aliphatic rings. The van der Waals surface area contributed by atoms with Crippen molar-refractivity contribution in [3.8, 4) is 54.1 Å². The molecule has 0 atom stereocenters.